The molecule has 104 valence electrons. The fraction of sp³-hybridized carbons (Fsp3) is 0.533. The molecule has 1 aliphatic heterocycles. The van der Waals surface area contributed by atoms with E-state index in [1.165, 1.54) is 5.56 Å². The van der Waals surface area contributed by atoms with Gasteiger partial charge in [-0.3, -0.25) is 4.79 Å². The molecule has 2 N–H and O–H groups in total. The van der Waals surface area contributed by atoms with E-state index < -0.39 is 0 Å². The number of hydrogen-bond acceptors (Lipinski definition) is 2. The van der Waals surface area contributed by atoms with E-state index in [1.54, 1.807) is 0 Å². The molecule has 0 bridgehead atoms. The summed E-state index contributed by atoms with van der Waals surface area (Å²) in [4.78, 5) is 11.8. The van der Waals surface area contributed by atoms with Crippen LogP contribution in [0.5, 0.6) is 0 Å². The van der Waals surface area contributed by atoms with Gasteiger partial charge in [0, 0.05) is 24.1 Å². The van der Waals surface area contributed by atoms with E-state index in [2.05, 4.69) is 51.7 Å². The molecule has 1 aromatic rings. The van der Waals surface area contributed by atoms with Crippen molar-refractivity contribution in [3.8, 4) is 0 Å². The van der Waals surface area contributed by atoms with Crippen molar-refractivity contribution in [1.82, 2.24) is 10.6 Å². The summed E-state index contributed by atoms with van der Waals surface area (Å²) in [5, 5.41) is 6.20. The van der Waals surface area contributed by atoms with Crippen molar-refractivity contribution in [1.29, 1.82) is 0 Å². The predicted octanol–water partition coefficient (Wildman–Crippen LogP) is 2.35. The van der Waals surface area contributed by atoms with Crippen molar-refractivity contribution in [2.24, 2.45) is 11.8 Å². The minimum Gasteiger partial charge on any atom is -0.355 e. The van der Waals surface area contributed by atoms with E-state index in [0.29, 0.717) is 5.92 Å². The van der Waals surface area contributed by atoms with Crippen LogP contribution in [0, 0.1) is 11.8 Å². The van der Waals surface area contributed by atoms with Gasteiger partial charge >= 0.3 is 0 Å². The van der Waals surface area contributed by atoms with Gasteiger partial charge in [0.05, 0.1) is 5.92 Å². The zero-order chi connectivity index (χ0) is 13.7. The molecule has 3 nitrogen and oxygen atoms in total. The number of carbonyl (C=O) groups excluding carboxylic acids is 1. The standard InChI is InChI=1S/C15H21BrN2O/c1-2-11(6-12-4-3-5-14(16)7-12)8-18-15(19)13-9-17-10-13/h3-5,7,11,13,17H,2,6,8-10H2,1H3,(H,18,19). The number of halogens is 1. The van der Waals surface area contributed by atoms with Crippen LogP contribution < -0.4 is 10.6 Å². The number of benzene rings is 1. The average Bonchev–Trinajstić information content (AvgIpc) is 2.32. The summed E-state index contributed by atoms with van der Waals surface area (Å²) < 4.78 is 1.12. The molecular weight excluding hydrogens is 304 g/mol. The minimum absolute atomic E-state index is 0.184. The summed E-state index contributed by atoms with van der Waals surface area (Å²) >= 11 is 3.50. The second-order valence-electron chi connectivity index (χ2n) is 5.21. The SMILES string of the molecule is CCC(CNC(=O)C1CNC1)Cc1cccc(Br)c1. The van der Waals surface area contributed by atoms with Crippen LogP contribution in [0.15, 0.2) is 28.7 Å². The van der Waals surface area contributed by atoms with Gasteiger partial charge in [0.15, 0.2) is 0 Å². The first-order valence-electron chi connectivity index (χ1n) is 6.92. The molecule has 1 fully saturated rings. The molecule has 0 saturated carbocycles. The maximum atomic E-state index is 11.8. The molecule has 1 amide bonds. The summed E-state index contributed by atoms with van der Waals surface area (Å²) in [5.74, 6) is 0.890. The topological polar surface area (TPSA) is 41.1 Å². The van der Waals surface area contributed by atoms with Crippen LogP contribution in [-0.2, 0) is 11.2 Å². The first-order chi connectivity index (χ1) is 9.19. The lowest BCUT2D eigenvalue weighted by atomic mass is 9.96. The Balaban J connectivity index is 1.81. The minimum atomic E-state index is 0.184. The van der Waals surface area contributed by atoms with Gasteiger partial charge in [0.25, 0.3) is 0 Å². The van der Waals surface area contributed by atoms with E-state index >= 15 is 0 Å². The zero-order valence-corrected chi connectivity index (χ0v) is 12.9. The van der Waals surface area contributed by atoms with Gasteiger partial charge in [-0.25, -0.2) is 0 Å². The van der Waals surface area contributed by atoms with Crippen molar-refractivity contribution in [2.45, 2.75) is 19.8 Å². The summed E-state index contributed by atoms with van der Waals surface area (Å²) in [6.45, 7) is 4.61. The molecule has 1 aromatic carbocycles. The van der Waals surface area contributed by atoms with E-state index in [9.17, 15) is 4.79 Å². The van der Waals surface area contributed by atoms with E-state index in [0.717, 1.165) is 36.9 Å². The summed E-state index contributed by atoms with van der Waals surface area (Å²) in [6.07, 6.45) is 2.09. The summed E-state index contributed by atoms with van der Waals surface area (Å²) in [5.41, 5.74) is 1.32. The van der Waals surface area contributed by atoms with Crippen LogP contribution in [-0.4, -0.2) is 25.5 Å². The highest BCUT2D eigenvalue weighted by molar-refractivity contribution is 9.10. The molecule has 19 heavy (non-hydrogen) atoms. The molecule has 4 heteroatoms. The molecule has 0 radical (unpaired) electrons. The summed E-state index contributed by atoms with van der Waals surface area (Å²) in [7, 11) is 0. The van der Waals surface area contributed by atoms with Gasteiger partial charge in [-0.1, -0.05) is 41.4 Å². The molecule has 2 rings (SSSR count). The van der Waals surface area contributed by atoms with E-state index in [1.807, 2.05) is 6.07 Å². The lowest BCUT2D eigenvalue weighted by Crippen LogP contribution is -2.51. The average molecular weight is 325 g/mol. The Kier molecular flexibility index (Phi) is 5.40. The number of nitrogens with one attached hydrogen (secondary N) is 2. The molecule has 1 heterocycles. The highest BCUT2D eigenvalue weighted by Crippen LogP contribution is 2.16. The molecule has 1 unspecified atom stereocenters. The zero-order valence-electron chi connectivity index (χ0n) is 11.3. The van der Waals surface area contributed by atoms with Crippen molar-refractivity contribution in [3.63, 3.8) is 0 Å². The maximum Gasteiger partial charge on any atom is 0.225 e. The molecule has 1 atom stereocenters. The quantitative estimate of drug-likeness (QED) is 0.843. The Morgan fingerprint density at radius 2 is 2.32 bits per heavy atom. The third kappa shape index (κ3) is 4.32. The number of hydrogen-bond donors (Lipinski definition) is 2. The smallest absolute Gasteiger partial charge is 0.225 e. The van der Waals surface area contributed by atoms with Crippen LogP contribution in [0.1, 0.15) is 18.9 Å². The van der Waals surface area contributed by atoms with Crippen LogP contribution >= 0.6 is 15.9 Å². The highest BCUT2D eigenvalue weighted by Gasteiger charge is 2.24. The second kappa shape index (κ2) is 7.06. The molecule has 1 saturated heterocycles. The number of rotatable bonds is 6. The largest absolute Gasteiger partial charge is 0.355 e. The van der Waals surface area contributed by atoms with Crippen LogP contribution in [0.2, 0.25) is 0 Å². The van der Waals surface area contributed by atoms with Crippen LogP contribution in [0.3, 0.4) is 0 Å². The first-order valence-corrected chi connectivity index (χ1v) is 7.71. The fourth-order valence-corrected chi connectivity index (χ4v) is 2.67. The van der Waals surface area contributed by atoms with Crippen LogP contribution in [0.4, 0.5) is 0 Å². The third-order valence-corrected chi connectivity index (χ3v) is 4.20. The van der Waals surface area contributed by atoms with Crippen LogP contribution in [0.25, 0.3) is 0 Å². The predicted molar refractivity (Wildman–Crippen MR) is 81.0 cm³/mol. The van der Waals surface area contributed by atoms with Crippen molar-refractivity contribution >= 4 is 21.8 Å². The lowest BCUT2D eigenvalue weighted by molar-refractivity contribution is -0.126. The Morgan fingerprint density at radius 1 is 1.53 bits per heavy atom. The molecule has 0 aliphatic carbocycles. The van der Waals surface area contributed by atoms with E-state index in [-0.39, 0.29) is 11.8 Å². The summed E-state index contributed by atoms with van der Waals surface area (Å²) in [6, 6.07) is 8.39. The Labute approximate surface area is 123 Å². The molecule has 0 spiro atoms. The van der Waals surface area contributed by atoms with Gasteiger partial charge in [-0.05, 0) is 30.0 Å². The highest BCUT2D eigenvalue weighted by atomic mass is 79.9. The monoisotopic (exact) mass is 324 g/mol. The van der Waals surface area contributed by atoms with Gasteiger partial charge in [0.1, 0.15) is 0 Å². The van der Waals surface area contributed by atoms with Gasteiger partial charge in [0.2, 0.25) is 5.91 Å². The Hall–Kier alpha value is -0.870. The second-order valence-corrected chi connectivity index (χ2v) is 6.12. The van der Waals surface area contributed by atoms with Gasteiger partial charge in [-0.2, -0.15) is 0 Å². The normalized spacial score (nSPS) is 16.7. The molecule has 1 aliphatic rings. The lowest BCUT2D eigenvalue weighted by Gasteiger charge is -2.26. The number of carbonyl (C=O) groups is 1. The number of amides is 1. The molecule has 0 aromatic heterocycles. The first kappa shape index (κ1) is 14.5. The van der Waals surface area contributed by atoms with Crippen molar-refractivity contribution < 1.29 is 4.79 Å². The van der Waals surface area contributed by atoms with Crippen molar-refractivity contribution in [2.75, 3.05) is 19.6 Å². The van der Waals surface area contributed by atoms with Gasteiger partial charge in [-0.15, -0.1) is 0 Å². The van der Waals surface area contributed by atoms with E-state index in [4.69, 9.17) is 0 Å². The fourth-order valence-electron chi connectivity index (χ4n) is 2.22. The third-order valence-electron chi connectivity index (χ3n) is 3.71. The van der Waals surface area contributed by atoms with Gasteiger partial charge < -0.3 is 10.6 Å². The Bertz CT molecular complexity index is 432. The Morgan fingerprint density at radius 3 is 2.89 bits per heavy atom. The van der Waals surface area contributed by atoms with Crippen molar-refractivity contribution in [3.05, 3.63) is 34.3 Å². The maximum absolute atomic E-state index is 11.8. The molecular formula is C15H21BrN2O.